The molecule has 1 N–H and O–H groups in total. The zero-order valence-corrected chi connectivity index (χ0v) is 19.5. The second-order valence-corrected chi connectivity index (χ2v) is 9.55. The Labute approximate surface area is 201 Å². The molecule has 0 unspecified atom stereocenters. The van der Waals surface area contributed by atoms with Crippen LogP contribution in [0, 0.1) is 0 Å². The normalized spacial score (nSPS) is 13.2. The van der Waals surface area contributed by atoms with Crippen LogP contribution in [0.2, 0.25) is 0 Å². The lowest BCUT2D eigenvalue weighted by atomic mass is 9.81. The molecule has 0 amide bonds. The highest BCUT2D eigenvalue weighted by molar-refractivity contribution is 5.89. The van der Waals surface area contributed by atoms with Gasteiger partial charge in [-0.15, -0.1) is 0 Å². The van der Waals surface area contributed by atoms with Crippen LogP contribution in [0.5, 0.6) is 0 Å². The molecule has 0 aliphatic heterocycles. The van der Waals surface area contributed by atoms with E-state index in [0.717, 1.165) is 5.69 Å². The first-order chi connectivity index (χ1) is 16.6. The van der Waals surface area contributed by atoms with Crippen molar-refractivity contribution in [2.45, 2.75) is 19.3 Å². The van der Waals surface area contributed by atoms with Gasteiger partial charge in [0.25, 0.3) is 0 Å². The van der Waals surface area contributed by atoms with Crippen LogP contribution < -0.4 is 5.32 Å². The second-order valence-electron chi connectivity index (χ2n) is 9.55. The average Bonchev–Trinajstić information content (AvgIpc) is 3.12. The molecule has 1 aliphatic rings. The molecule has 164 valence electrons. The zero-order valence-electron chi connectivity index (χ0n) is 19.5. The number of nitrogens with one attached hydrogen (secondary N) is 1. The minimum atomic E-state index is -0.0759. The summed E-state index contributed by atoms with van der Waals surface area (Å²) >= 11 is 0. The third kappa shape index (κ3) is 3.41. The maximum absolute atomic E-state index is 3.72. The molecule has 6 rings (SSSR count). The smallest absolute Gasteiger partial charge is 0.0431 e. The third-order valence-electron chi connectivity index (χ3n) is 7.05. The van der Waals surface area contributed by atoms with Crippen LogP contribution in [0.4, 0.5) is 11.4 Å². The van der Waals surface area contributed by atoms with E-state index in [1.54, 1.807) is 0 Å². The summed E-state index contributed by atoms with van der Waals surface area (Å²) in [7, 11) is 0. The Morgan fingerprint density at radius 3 is 1.76 bits per heavy atom. The van der Waals surface area contributed by atoms with Crippen LogP contribution in [-0.2, 0) is 5.41 Å². The summed E-state index contributed by atoms with van der Waals surface area (Å²) in [5.74, 6) is 0. The van der Waals surface area contributed by atoms with Crippen molar-refractivity contribution in [3.05, 3.63) is 132 Å². The summed E-state index contributed by atoms with van der Waals surface area (Å²) in [6.07, 6.45) is 0. The molecule has 0 spiro atoms. The summed E-state index contributed by atoms with van der Waals surface area (Å²) in [5, 5.41) is 3.72. The molecule has 0 heterocycles. The highest BCUT2D eigenvalue weighted by Gasteiger charge is 2.37. The third-order valence-corrected chi connectivity index (χ3v) is 7.05. The highest BCUT2D eigenvalue weighted by Crippen LogP contribution is 2.52. The Morgan fingerprint density at radius 2 is 1.09 bits per heavy atom. The van der Waals surface area contributed by atoms with Gasteiger partial charge in [-0.25, -0.2) is 0 Å². The molecule has 0 aromatic heterocycles. The molecule has 0 saturated heterocycles. The van der Waals surface area contributed by atoms with E-state index in [1.165, 1.54) is 50.2 Å². The van der Waals surface area contributed by atoms with E-state index in [2.05, 4.69) is 140 Å². The molecule has 0 atom stereocenters. The van der Waals surface area contributed by atoms with E-state index < -0.39 is 0 Å². The Bertz CT molecular complexity index is 1460. The fraction of sp³-hybridized carbons (Fsp3) is 0.0909. The monoisotopic (exact) mass is 437 g/mol. The molecule has 0 fully saturated rings. The minimum Gasteiger partial charge on any atom is -0.355 e. The van der Waals surface area contributed by atoms with E-state index in [1.807, 2.05) is 0 Å². The van der Waals surface area contributed by atoms with E-state index in [4.69, 9.17) is 0 Å². The highest BCUT2D eigenvalue weighted by atomic mass is 14.9. The minimum absolute atomic E-state index is 0.0759. The molecule has 1 heteroatoms. The lowest BCUT2D eigenvalue weighted by Crippen LogP contribution is -2.16. The quantitative estimate of drug-likeness (QED) is 0.296. The van der Waals surface area contributed by atoms with Crippen LogP contribution in [0.1, 0.15) is 25.0 Å². The van der Waals surface area contributed by atoms with Crippen molar-refractivity contribution in [3.8, 4) is 33.4 Å². The Balaban J connectivity index is 1.38. The molecule has 0 radical (unpaired) electrons. The van der Waals surface area contributed by atoms with Crippen molar-refractivity contribution in [2.24, 2.45) is 0 Å². The maximum atomic E-state index is 3.72. The lowest BCUT2D eigenvalue weighted by molar-refractivity contribution is 0.662. The van der Waals surface area contributed by atoms with Gasteiger partial charge in [0.05, 0.1) is 0 Å². The number of anilines is 2. The standard InChI is InChI=1S/C33H27N/c1-33(2)30-21-18-26(24-12-7-4-8-13-24)22-29(30)28-14-9-15-31(32(28)33)34-27-19-16-25(17-20-27)23-10-5-3-6-11-23/h3-22,34H,1-2H3. The summed E-state index contributed by atoms with van der Waals surface area (Å²) in [4.78, 5) is 0. The summed E-state index contributed by atoms with van der Waals surface area (Å²) < 4.78 is 0. The SMILES string of the molecule is CC1(C)c2ccc(-c3ccccc3)cc2-c2cccc(Nc3ccc(-c4ccccc4)cc3)c21. The summed E-state index contributed by atoms with van der Waals surface area (Å²) in [6, 6.07) is 43.4. The first kappa shape index (κ1) is 20.5. The largest absolute Gasteiger partial charge is 0.355 e. The van der Waals surface area contributed by atoms with Gasteiger partial charge in [0, 0.05) is 16.8 Å². The molecule has 0 saturated carbocycles. The van der Waals surface area contributed by atoms with Crippen molar-refractivity contribution in [1.82, 2.24) is 0 Å². The number of benzene rings is 5. The van der Waals surface area contributed by atoms with Crippen LogP contribution in [0.15, 0.2) is 121 Å². The molecule has 0 bridgehead atoms. The predicted octanol–water partition coefficient (Wildman–Crippen LogP) is 9.07. The maximum Gasteiger partial charge on any atom is 0.0431 e. The first-order valence-corrected chi connectivity index (χ1v) is 11.9. The van der Waals surface area contributed by atoms with E-state index >= 15 is 0 Å². The van der Waals surface area contributed by atoms with Gasteiger partial charge < -0.3 is 5.32 Å². The van der Waals surface area contributed by atoms with Gasteiger partial charge in [0.1, 0.15) is 0 Å². The molecule has 5 aromatic rings. The van der Waals surface area contributed by atoms with Crippen molar-refractivity contribution < 1.29 is 0 Å². The lowest BCUT2D eigenvalue weighted by Gasteiger charge is -2.25. The fourth-order valence-corrected chi connectivity index (χ4v) is 5.34. The average molecular weight is 438 g/mol. The zero-order chi connectivity index (χ0) is 23.1. The molecule has 34 heavy (non-hydrogen) atoms. The summed E-state index contributed by atoms with van der Waals surface area (Å²) in [5.41, 5.74) is 12.6. The van der Waals surface area contributed by atoms with Gasteiger partial charge in [0.2, 0.25) is 0 Å². The molecule has 1 aliphatic carbocycles. The topological polar surface area (TPSA) is 12.0 Å². The van der Waals surface area contributed by atoms with Crippen molar-refractivity contribution >= 4 is 11.4 Å². The van der Waals surface area contributed by atoms with E-state index in [-0.39, 0.29) is 5.41 Å². The van der Waals surface area contributed by atoms with Gasteiger partial charge in [-0.2, -0.15) is 0 Å². The Kier molecular flexibility index (Phi) is 4.85. The number of hydrogen-bond donors (Lipinski definition) is 1. The van der Waals surface area contributed by atoms with Crippen LogP contribution in [-0.4, -0.2) is 0 Å². The number of rotatable bonds is 4. The van der Waals surface area contributed by atoms with Gasteiger partial charge in [-0.1, -0.05) is 111 Å². The molecular formula is C33H27N. The van der Waals surface area contributed by atoms with E-state index in [0.29, 0.717) is 0 Å². The van der Waals surface area contributed by atoms with Gasteiger partial charge >= 0.3 is 0 Å². The fourth-order valence-electron chi connectivity index (χ4n) is 5.34. The predicted molar refractivity (Wildman–Crippen MR) is 145 cm³/mol. The second kappa shape index (κ2) is 8.04. The van der Waals surface area contributed by atoms with Gasteiger partial charge in [-0.05, 0) is 68.8 Å². The van der Waals surface area contributed by atoms with Gasteiger partial charge in [-0.3, -0.25) is 0 Å². The molecule has 5 aromatic carbocycles. The van der Waals surface area contributed by atoms with E-state index in [9.17, 15) is 0 Å². The number of hydrogen-bond acceptors (Lipinski definition) is 1. The molecule has 1 nitrogen and oxygen atoms in total. The van der Waals surface area contributed by atoms with Crippen LogP contribution >= 0.6 is 0 Å². The van der Waals surface area contributed by atoms with Crippen LogP contribution in [0.3, 0.4) is 0 Å². The van der Waals surface area contributed by atoms with Crippen LogP contribution in [0.25, 0.3) is 33.4 Å². The summed E-state index contributed by atoms with van der Waals surface area (Å²) in [6.45, 7) is 4.67. The Morgan fingerprint density at radius 1 is 0.500 bits per heavy atom. The van der Waals surface area contributed by atoms with Crippen molar-refractivity contribution in [3.63, 3.8) is 0 Å². The first-order valence-electron chi connectivity index (χ1n) is 11.9. The Hall–Kier alpha value is -4.10. The van der Waals surface area contributed by atoms with Crippen molar-refractivity contribution in [1.29, 1.82) is 0 Å². The number of fused-ring (bicyclic) bond motifs is 3. The van der Waals surface area contributed by atoms with Crippen molar-refractivity contribution in [2.75, 3.05) is 5.32 Å². The van der Waals surface area contributed by atoms with Gasteiger partial charge in [0.15, 0.2) is 0 Å². The molecular weight excluding hydrogens is 410 g/mol.